The summed E-state index contributed by atoms with van der Waals surface area (Å²) in [6.45, 7) is 3.99. The normalized spacial score (nSPS) is 15.2. The Morgan fingerprint density at radius 2 is 1.58 bits per heavy atom. The molecule has 0 bridgehead atoms. The van der Waals surface area contributed by atoms with Crippen LogP contribution in [-0.4, -0.2) is 23.8 Å². The number of aldehydes is 1. The van der Waals surface area contributed by atoms with Crippen molar-refractivity contribution in [3.05, 3.63) is 77.5 Å². The first-order valence-electron chi connectivity index (χ1n) is 7.81. The van der Waals surface area contributed by atoms with Gasteiger partial charge in [0, 0.05) is 0 Å². The number of carbonyl (C=O) groups is 2. The SMILES string of the molecule is CC(C)(c1ccccc1)N1COC(C=O)=C(c2ccccc2)C1=O. The number of amides is 1. The van der Waals surface area contributed by atoms with Gasteiger partial charge in [0.2, 0.25) is 0 Å². The van der Waals surface area contributed by atoms with Crippen LogP contribution in [0.25, 0.3) is 5.57 Å². The van der Waals surface area contributed by atoms with Crippen molar-refractivity contribution in [1.29, 1.82) is 0 Å². The van der Waals surface area contributed by atoms with E-state index in [0.29, 0.717) is 17.4 Å². The predicted octanol–water partition coefficient (Wildman–Crippen LogP) is 3.35. The summed E-state index contributed by atoms with van der Waals surface area (Å²) in [6.07, 6.45) is 0.604. The van der Waals surface area contributed by atoms with Crippen LogP contribution in [0.3, 0.4) is 0 Å². The highest BCUT2D eigenvalue weighted by Gasteiger charge is 2.39. The molecular weight excluding hydrogens is 302 g/mol. The molecule has 0 atom stereocenters. The van der Waals surface area contributed by atoms with Gasteiger partial charge in [-0.05, 0) is 25.0 Å². The molecule has 2 aromatic rings. The van der Waals surface area contributed by atoms with Gasteiger partial charge in [-0.2, -0.15) is 0 Å². The Hall–Kier alpha value is -2.88. The Balaban J connectivity index is 2.04. The lowest BCUT2D eigenvalue weighted by Crippen LogP contribution is -2.49. The number of hydrogen-bond acceptors (Lipinski definition) is 3. The smallest absolute Gasteiger partial charge is 0.261 e. The lowest BCUT2D eigenvalue weighted by Gasteiger charge is -2.41. The Bertz CT molecular complexity index is 779. The molecule has 0 radical (unpaired) electrons. The first-order chi connectivity index (χ1) is 11.6. The van der Waals surface area contributed by atoms with Crippen LogP contribution in [0.5, 0.6) is 0 Å². The maximum Gasteiger partial charge on any atom is 0.261 e. The van der Waals surface area contributed by atoms with Crippen LogP contribution in [0.15, 0.2) is 66.4 Å². The van der Waals surface area contributed by atoms with E-state index in [2.05, 4.69) is 0 Å². The van der Waals surface area contributed by atoms with Crippen molar-refractivity contribution in [3.63, 3.8) is 0 Å². The van der Waals surface area contributed by atoms with Crippen LogP contribution in [0.4, 0.5) is 0 Å². The van der Waals surface area contributed by atoms with Crippen molar-refractivity contribution in [1.82, 2.24) is 4.90 Å². The van der Waals surface area contributed by atoms with Crippen molar-refractivity contribution >= 4 is 17.8 Å². The number of hydrogen-bond donors (Lipinski definition) is 0. The van der Waals surface area contributed by atoms with Crippen molar-refractivity contribution in [3.8, 4) is 0 Å². The summed E-state index contributed by atoms with van der Waals surface area (Å²) in [6, 6.07) is 18.9. The third kappa shape index (κ3) is 2.71. The van der Waals surface area contributed by atoms with E-state index >= 15 is 0 Å². The largest absolute Gasteiger partial charge is 0.469 e. The minimum atomic E-state index is -0.563. The summed E-state index contributed by atoms with van der Waals surface area (Å²) >= 11 is 0. The zero-order valence-electron chi connectivity index (χ0n) is 13.7. The molecule has 4 nitrogen and oxygen atoms in total. The van der Waals surface area contributed by atoms with Crippen LogP contribution < -0.4 is 0 Å². The molecule has 0 spiro atoms. The maximum absolute atomic E-state index is 13.1. The van der Waals surface area contributed by atoms with E-state index in [1.165, 1.54) is 0 Å². The van der Waals surface area contributed by atoms with Crippen molar-refractivity contribution in [2.45, 2.75) is 19.4 Å². The minimum Gasteiger partial charge on any atom is -0.469 e. The fourth-order valence-electron chi connectivity index (χ4n) is 2.89. The lowest BCUT2D eigenvalue weighted by atomic mass is 9.90. The number of carbonyl (C=O) groups excluding carboxylic acids is 2. The molecule has 0 unspecified atom stereocenters. The fraction of sp³-hybridized carbons (Fsp3) is 0.200. The van der Waals surface area contributed by atoms with E-state index in [9.17, 15) is 9.59 Å². The molecule has 0 saturated carbocycles. The molecule has 0 saturated heterocycles. The average Bonchev–Trinajstić information content (AvgIpc) is 2.62. The van der Waals surface area contributed by atoms with Gasteiger partial charge in [0.15, 0.2) is 18.8 Å². The molecule has 4 heteroatoms. The van der Waals surface area contributed by atoms with Crippen molar-refractivity contribution in [2.24, 2.45) is 0 Å². The van der Waals surface area contributed by atoms with Gasteiger partial charge in [0.25, 0.3) is 5.91 Å². The van der Waals surface area contributed by atoms with E-state index in [1.807, 2.05) is 62.4 Å². The fourth-order valence-corrected chi connectivity index (χ4v) is 2.89. The monoisotopic (exact) mass is 321 g/mol. The van der Waals surface area contributed by atoms with Gasteiger partial charge < -0.3 is 4.74 Å². The highest BCUT2D eigenvalue weighted by Crippen LogP contribution is 2.34. The molecule has 1 aliphatic rings. The standard InChI is InChI=1S/C20H19NO3/c1-20(2,16-11-7-4-8-12-16)21-14-24-17(13-22)18(19(21)23)15-9-5-3-6-10-15/h3-13H,14H2,1-2H3. The third-order valence-corrected chi connectivity index (χ3v) is 4.38. The van der Waals surface area contributed by atoms with Gasteiger partial charge in [-0.25, -0.2) is 0 Å². The topological polar surface area (TPSA) is 46.6 Å². The van der Waals surface area contributed by atoms with E-state index in [0.717, 1.165) is 5.56 Å². The number of ether oxygens (including phenoxy) is 1. The van der Waals surface area contributed by atoms with E-state index < -0.39 is 5.54 Å². The molecule has 1 aliphatic heterocycles. The summed E-state index contributed by atoms with van der Waals surface area (Å²) in [4.78, 5) is 26.2. The molecule has 0 fully saturated rings. The Kier molecular flexibility index (Phi) is 4.21. The minimum absolute atomic E-state index is 0.0468. The molecule has 0 N–H and O–H groups in total. The van der Waals surface area contributed by atoms with Gasteiger partial charge in [0.05, 0.1) is 11.1 Å². The summed E-state index contributed by atoms with van der Waals surface area (Å²) in [5, 5.41) is 0. The molecule has 24 heavy (non-hydrogen) atoms. The summed E-state index contributed by atoms with van der Waals surface area (Å²) < 4.78 is 5.60. The molecule has 3 rings (SSSR count). The Morgan fingerprint density at radius 1 is 1.00 bits per heavy atom. The highest BCUT2D eigenvalue weighted by atomic mass is 16.5. The molecule has 0 aliphatic carbocycles. The maximum atomic E-state index is 13.1. The highest BCUT2D eigenvalue weighted by molar-refractivity contribution is 6.23. The number of nitrogens with zero attached hydrogens (tertiary/aromatic N) is 1. The van der Waals surface area contributed by atoms with Gasteiger partial charge >= 0.3 is 0 Å². The molecule has 2 aromatic carbocycles. The zero-order valence-corrected chi connectivity index (χ0v) is 13.7. The summed E-state index contributed by atoms with van der Waals surface area (Å²) in [7, 11) is 0. The Morgan fingerprint density at radius 3 is 2.17 bits per heavy atom. The van der Waals surface area contributed by atoms with Gasteiger partial charge in [-0.1, -0.05) is 60.7 Å². The number of allylic oxidation sites excluding steroid dienone is 1. The molecule has 122 valence electrons. The molecular formula is C20H19NO3. The predicted molar refractivity (Wildman–Crippen MR) is 91.7 cm³/mol. The Labute approximate surface area is 141 Å². The second kappa shape index (κ2) is 6.32. The summed E-state index contributed by atoms with van der Waals surface area (Å²) in [5.74, 6) is -0.116. The summed E-state index contributed by atoms with van der Waals surface area (Å²) in [5.41, 5.74) is 1.43. The second-order valence-corrected chi connectivity index (χ2v) is 6.15. The second-order valence-electron chi connectivity index (χ2n) is 6.15. The van der Waals surface area contributed by atoms with Crippen LogP contribution in [0.1, 0.15) is 25.0 Å². The van der Waals surface area contributed by atoms with Crippen molar-refractivity contribution < 1.29 is 14.3 Å². The number of benzene rings is 2. The van der Waals surface area contributed by atoms with Crippen LogP contribution in [0.2, 0.25) is 0 Å². The first kappa shape index (κ1) is 16.0. The lowest BCUT2D eigenvalue weighted by molar-refractivity contribution is -0.140. The number of rotatable bonds is 4. The molecule has 1 amide bonds. The quantitative estimate of drug-likeness (QED) is 0.811. The van der Waals surface area contributed by atoms with E-state index in [1.54, 1.807) is 17.0 Å². The molecule has 1 heterocycles. The van der Waals surface area contributed by atoms with E-state index in [4.69, 9.17) is 4.74 Å². The van der Waals surface area contributed by atoms with E-state index in [-0.39, 0.29) is 18.4 Å². The van der Waals surface area contributed by atoms with Crippen LogP contribution >= 0.6 is 0 Å². The van der Waals surface area contributed by atoms with Crippen molar-refractivity contribution in [2.75, 3.05) is 6.73 Å². The zero-order chi connectivity index (χ0) is 17.2. The third-order valence-electron chi connectivity index (χ3n) is 4.38. The van der Waals surface area contributed by atoms with Gasteiger partial charge in [-0.3, -0.25) is 14.5 Å². The average molecular weight is 321 g/mol. The van der Waals surface area contributed by atoms with Crippen LogP contribution in [-0.2, 0) is 19.9 Å². The van der Waals surface area contributed by atoms with Gasteiger partial charge in [0.1, 0.15) is 0 Å². The van der Waals surface area contributed by atoms with Gasteiger partial charge in [-0.15, -0.1) is 0 Å². The molecule has 0 aromatic heterocycles. The van der Waals surface area contributed by atoms with Crippen LogP contribution in [0, 0.1) is 0 Å². The first-order valence-corrected chi connectivity index (χ1v) is 7.81.